The van der Waals surface area contributed by atoms with E-state index in [1.807, 2.05) is 12.2 Å². The predicted molar refractivity (Wildman–Crippen MR) is 80.5 cm³/mol. The molecule has 1 N–H and O–H groups in total. The third kappa shape index (κ3) is 5.81. The minimum Gasteiger partial charge on any atom is -0.346 e. The summed E-state index contributed by atoms with van der Waals surface area (Å²) in [5.41, 5.74) is 0.789. The van der Waals surface area contributed by atoms with E-state index >= 15 is 0 Å². The Morgan fingerprint density at radius 2 is 1.91 bits per heavy atom. The summed E-state index contributed by atoms with van der Waals surface area (Å²) in [5.74, 6) is -0.510. The number of halogens is 3. The maximum atomic E-state index is 12.1. The van der Waals surface area contributed by atoms with Gasteiger partial charge in [-0.15, -0.1) is 0 Å². The number of hydrogen-bond donors (Lipinski definition) is 1. The number of nitrogens with zero attached hydrogens (tertiary/aromatic N) is 2. The van der Waals surface area contributed by atoms with Crippen LogP contribution in [-0.2, 0) is 11.2 Å². The van der Waals surface area contributed by atoms with Gasteiger partial charge in [-0.1, -0.05) is 18.7 Å². The number of Topliss-reactive ketones (excluding diaryl/α,β-unsaturated/α-hetero) is 1. The van der Waals surface area contributed by atoms with E-state index in [1.54, 1.807) is 6.92 Å². The Bertz CT molecular complexity index is 606. The molecule has 0 spiro atoms. The number of carbonyl (C=O) groups is 2. The molecule has 0 unspecified atom stereocenters. The van der Waals surface area contributed by atoms with Gasteiger partial charge in [0.05, 0.1) is 16.5 Å². The van der Waals surface area contributed by atoms with Crippen LogP contribution in [0.1, 0.15) is 42.6 Å². The van der Waals surface area contributed by atoms with E-state index < -0.39 is 23.9 Å². The van der Waals surface area contributed by atoms with E-state index in [-0.39, 0.29) is 5.78 Å². The monoisotopic (exact) mass is 349 g/mol. The summed E-state index contributed by atoms with van der Waals surface area (Å²) >= 11 is 0.950. The molecule has 23 heavy (non-hydrogen) atoms. The fourth-order valence-electron chi connectivity index (χ4n) is 1.80. The highest BCUT2D eigenvalue weighted by atomic mass is 32.2. The highest BCUT2D eigenvalue weighted by molar-refractivity contribution is 8.00. The van der Waals surface area contributed by atoms with Crippen molar-refractivity contribution in [1.29, 1.82) is 0 Å². The zero-order chi connectivity index (χ0) is 17.8. The zero-order valence-corrected chi connectivity index (χ0v) is 14.1. The molecule has 0 aliphatic carbocycles. The van der Waals surface area contributed by atoms with Crippen molar-refractivity contribution in [1.82, 2.24) is 15.3 Å². The SMILES string of the molecule is CCc1nc(C)c(C(C)=O)c(S[C@H](C)C(=O)NCC(F)(F)F)n1. The lowest BCUT2D eigenvalue weighted by molar-refractivity contribution is -0.137. The molecule has 0 fully saturated rings. The third-order valence-electron chi connectivity index (χ3n) is 2.89. The first-order valence-electron chi connectivity index (χ1n) is 6.94. The first-order valence-corrected chi connectivity index (χ1v) is 7.82. The lowest BCUT2D eigenvalue weighted by Crippen LogP contribution is -2.38. The van der Waals surface area contributed by atoms with Gasteiger partial charge in [-0.25, -0.2) is 9.97 Å². The van der Waals surface area contributed by atoms with Crippen molar-refractivity contribution in [2.45, 2.75) is 50.6 Å². The van der Waals surface area contributed by atoms with Crippen LogP contribution >= 0.6 is 11.8 Å². The normalized spacial score (nSPS) is 12.8. The van der Waals surface area contributed by atoms with Gasteiger partial charge in [-0.05, 0) is 20.8 Å². The number of aryl methyl sites for hydroxylation is 2. The fourth-order valence-corrected chi connectivity index (χ4v) is 2.90. The molecule has 1 amide bonds. The highest BCUT2D eigenvalue weighted by Crippen LogP contribution is 2.27. The summed E-state index contributed by atoms with van der Waals surface area (Å²) in [6, 6.07) is 0. The van der Waals surface area contributed by atoms with Gasteiger partial charge in [0.2, 0.25) is 5.91 Å². The maximum absolute atomic E-state index is 12.1. The van der Waals surface area contributed by atoms with E-state index in [2.05, 4.69) is 9.97 Å². The number of alkyl halides is 3. The summed E-state index contributed by atoms with van der Waals surface area (Å²) in [6.07, 6.45) is -3.92. The van der Waals surface area contributed by atoms with Gasteiger partial charge in [0.1, 0.15) is 17.4 Å². The lowest BCUT2D eigenvalue weighted by Gasteiger charge is -2.15. The molecule has 0 saturated heterocycles. The van der Waals surface area contributed by atoms with Gasteiger partial charge in [-0.2, -0.15) is 13.2 Å². The Balaban J connectivity index is 2.96. The van der Waals surface area contributed by atoms with Gasteiger partial charge < -0.3 is 5.32 Å². The molecule has 128 valence electrons. The third-order valence-corrected chi connectivity index (χ3v) is 3.98. The number of nitrogens with one attached hydrogen (secondary N) is 1. The Labute approximate surface area is 136 Å². The number of carbonyl (C=O) groups excluding carboxylic acids is 2. The first-order chi connectivity index (χ1) is 10.5. The van der Waals surface area contributed by atoms with Crippen LogP contribution in [0.25, 0.3) is 0 Å². The van der Waals surface area contributed by atoms with Gasteiger partial charge >= 0.3 is 6.18 Å². The molecular weight excluding hydrogens is 331 g/mol. The summed E-state index contributed by atoms with van der Waals surface area (Å²) in [5, 5.41) is 1.31. The number of thioether (sulfide) groups is 1. The average molecular weight is 349 g/mol. The van der Waals surface area contributed by atoms with Crippen LogP contribution in [-0.4, -0.2) is 39.6 Å². The molecule has 0 aromatic carbocycles. The molecule has 0 aliphatic heterocycles. The molecule has 1 aromatic heterocycles. The topological polar surface area (TPSA) is 72.0 Å². The average Bonchev–Trinajstić information content (AvgIpc) is 2.42. The van der Waals surface area contributed by atoms with Gasteiger partial charge in [-0.3, -0.25) is 9.59 Å². The molecular formula is C14H18F3N3O2S. The number of hydrogen-bond acceptors (Lipinski definition) is 5. The minimum atomic E-state index is -4.47. The van der Waals surface area contributed by atoms with Crippen LogP contribution in [0.4, 0.5) is 13.2 Å². The number of rotatable bonds is 6. The zero-order valence-electron chi connectivity index (χ0n) is 13.2. The van der Waals surface area contributed by atoms with Crippen molar-refractivity contribution in [2.75, 3.05) is 6.54 Å². The smallest absolute Gasteiger partial charge is 0.346 e. The molecule has 0 bridgehead atoms. The second-order valence-corrected chi connectivity index (χ2v) is 6.24. The summed E-state index contributed by atoms with van der Waals surface area (Å²) in [6.45, 7) is 4.94. The molecule has 1 rings (SSSR count). The summed E-state index contributed by atoms with van der Waals surface area (Å²) < 4.78 is 36.4. The minimum absolute atomic E-state index is 0.254. The molecule has 0 saturated carbocycles. The van der Waals surface area contributed by atoms with Crippen molar-refractivity contribution < 1.29 is 22.8 Å². The maximum Gasteiger partial charge on any atom is 0.405 e. The van der Waals surface area contributed by atoms with Crippen LogP contribution in [0.3, 0.4) is 0 Å². The Kier molecular flexibility index (Phi) is 6.55. The molecule has 5 nitrogen and oxygen atoms in total. The van der Waals surface area contributed by atoms with E-state index in [0.29, 0.717) is 28.5 Å². The molecule has 0 radical (unpaired) electrons. The van der Waals surface area contributed by atoms with Crippen molar-refractivity contribution in [2.24, 2.45) is 0 Å². The van der Waals surface area contributed by atoms with Crippen LogP contribution in [0.15, 0.2) is 5.03 Å². The first kappa shape index (κ1) is 19.4. The number of amides is 1. The molecule has 1 heterocycles. The highest BCUT2D eigenvalue weighted by Gasteiger charge is 2.29. The predicted octanol–water partition coefficient (Wildman–Crippen LogP) is 2.71. The number of aromatic nitrogens is 2. The standard InChI is InChI=1S/C14H18F3N3O2S/c1-5-10-19-7(2)11(8(3)21)13(20-10)23-9(4)12(22)18-6-14(15,16)17/h9H,5-6H2,1-4H3,(H,18,22)/t9-/m1/s1. The fraction of sp³-hybridized carbons (Fsp3) is 0.571. The van der Waals surface area contributed by atoms with Gasteiger partial charge in [0.15, 0.2) is 5.78 Å². The lowest BCUT2D eigenvalue weighted by atomic mass is 10.2. The molecule has 1 atom stereocenters. The van der Waals surface area contributed by atoms with E-state index in [1.165, 1.54) is 13.8 Å². The van der Waals surface area contributed by atoms with Gasteiger partial charge in [0.25, 0.3) is 0 Å². The largest absolute Gasteiger partial charge is 0.405 e. The van der Waals surface area contributed by atoms with Crippen molar-refractivity contribution >= 4 is 23.5 Å². The molecule has 9 heteroatoms. The van der Waals surface area contributed by atoms with Crippen LogP contribution in [0, 0.1) is 6.92 Å². The molecule has 1 aromatic rings. The van der Waals surface area contributed by atoms with Gasteiger partial charge in [0, 0.05) is 6.42 Å². The van der Waals surface area contributed by atoms with Crippen LogP contribution in [0.5, 0.6) is 0 Å². The summed E-state index contributed by atoms with van der Waals surface area (Å²) in [4.78, 5) is 31.9. The Morgan fingerprint density at radius 1 is 1.30 bits per heavy atom. The van der Waals surface area contributed by atoms with Crippen molar-refractivity contribution in [3.63, 3.8) is 0 Å². The van der Waals surface area contributed by atoms with E-state index in [9.17, 15) is 22.8 Å². The Morgan fingerprint density at radius 3 is 2.39 bits per heavy atom. The van der Waals surface area contributed by atoms with Crippen molar-refractivity contribution in [3.8, 4) is 0 Å². The Hall–Kier alpha value is -1.64. The second-order valence-electron chi connectivity index (χ2n) is 4.91. The van der Waals surface area contributed by atoms with E-state index in [4.69, 9.17) is 0 Å². The molecule has 0 aliphatic rings. The second kappa shape index (κ2) is 7.76. The quantitative estimate of drug-likeness (QED) is 0.486. The van der Waals surface area contributed by atoms with E-state index in [0.717, 1.165) is 11.8 Å². The van der Waals surface area contributed by atoms with Crippen LogP contribution < -0.4 is 5.32 Å². The summed E-state index contributed by atoms with van der Waals surface area (Å²) in [7, 11) is 0. The van der Waals surface area contributed by atoms with Crippen molar-refractivity contribution in [3.05, 3.63) is 17.1 Å². The van der Waals surface area contributed by atoms with Crippen LogP contribution in [0.2, 0.25) is 0 Å². The number of ketones is 1.